The molecule has 1 aromatic heterocycles. The van der Waals surface area contributed by atoms with Crippen molar-refractivity contribution in [2.45, 2.75) is 38.1 Å². The molecule has 244 valence electrons. The molecule has 3 atom stereocenters. The van der Waals surface area contributed by atoms with Gasteiger partial charge < -0.3 is 20.1 Å². The van der Waals surface area contributed by atoms with Gasteiger partial charge in [0.2, 0.25) is 5.91 Å². The second-order valence-corrected chi connectivity index (χ2v) is 11.4. The molecule has 2 amide bonds. The number of halogens is 3. The normalized spacial score (nSPS) is 20.7. The van der Waals surface area contributed by atoms with E-state index in [1.54, 1.807) is 0 Å². The van der Waals surface area contributed by atoms with E-state index in [4.69, 9.17) is 14.6 Å². The Morgan fingerprint density at radius 3 is 2.23 bits per heavy atom. The maximum absolute atomic E-state index is 12.9. The van der Waals surface area contributed by atoms with Crippen LogP contribution in [0.4, 0.5) is 13.2 Å². The van der Waals surface area contributed by atoms with Gasteiger partial charge in [0.25, 0.3) is 5.91 Å². The van der Waals surface area contributed by atoms with Gasteiger partial charge >= 0.3 is 12.1 Å². The van der Waals surface area contributed by atoms with Gasteiger partial charge in [0.15, 0.2) is 0 Å². The average Bonchev–Trinajstić information content (AvgIpc) is 3.62. The Labute approximate surface area is 268 Å². The lowest BCUT2D eigenvalue weighted by molar-refractivity contribution is -0.192. The number of carboxylic acid groups (broad SMARTS) is 1. The standard InChI is InChI=1S/C33H32N4O3.C2HF3O2/c1-21-19-37(20-22(2)40-21)33(39)26-12-8-23(9-13-26)11-15-30-27-14-10-24(17-31(27)36-35-30)16-28-29(18-34-32(28)38)25-6-4-3-5-7-25;3-2(4,5)1(6)7/h3-17,21-22,29H,18-20H2,1-2H3,(H,34,38)(H,35,36);(H,6,7)/b15-11+,28-16?;/t21-,22+,29?;. The Bertz CT molecular complexity index is 1810. The first-order valence-electron chi connectivity index (χ1n) is 14.9. The molecular formula is C35H33F3N4O5. The van der Waals surface area contributed by atoms with Crippen LogP contribution in [0.1, 0.15) is 52.5 Å². The lowest BCUT2D eigenvalue weighted by Crippen LogP contribution is -2.48. The smallest absolute Gasteiger partial charge is 0.475 e. The number of rotatable bonds is 5. The van der Waals surface area contributed by atoms with Gasteiger partial charge in [-0.05, 0) is 67.0 Å². The molecular weight excluding hydrogens is 613 g/mol. The van der Waals surface area contributed by atoms with Crippen LogP contribution in [-0.4, -0.2) is 76.0 Å². The van der Waals surface area contributed by atoms with Crippen molar-refractivity contribution in [1.29, 1.82) is 0 Å². The summed E-state index contributed by atoms with van der Waals surface area (Å²) >= 11 is 0. The molecule has 0 spiro atoms. The van der Waals surface area contributed by atoms with Crippen molar-refractivity contribution >= 4 is 46.9 Å². The zero-order valence-corrected chi connectivity index (χ0v) is 25.6. The molecule has 0 aliphatic carbocycles. The molecule has 3 heterocycles. The number of carboxylic acids is 1. The number of amides is 2. The molecule has 0 radical (unpaired) electrons. The van der Waals surface area contributed by atoms with Crippen LogP contribution in [0.5, 0.6) is 0 Å². The zero-order valence-electron chi connectivity index (χ0n) is 25.6. The predicted molar refractivity (Wildman–Crippen MR) is 171 cm³/mol. The summed E-state index contributed by atoms with van der Waals surface area (Å²) < 4.78 is 37.5. The second-order valence-electron chi connectivity index (χ2n) is 11.4. The SMILES string of the molecule is C[C@@H]1CN(C(=O)c2ccc(/C=C/c3n[nH]c4cc(C=C5C(=O)NCC5c5ccccc5)ccc34)cc2)C[C@H](C)O1.O=C(O)C(F)(F)F. The number of nitrogens with one attached hydrogen (secondary N) is 2. The number of morpholine rings is 1. The van der Waals surface area contributed by atoms with Crippen molar-refractivity contribution in [3.8, 4) is 0 Å². The molecule has 47 heavy (non-hydrogen) atoms. The molecule has 2 fully saturated rings. The highest BCUT2D eigenvalue weighted by atomic mass is 19.4. The minimum absolute atomic E-state index is 0.0241. The minimum atomic E-state index is -5.08. The van der Waals surface area contributed by atoms with E-state index in [1.807, 2.05) is 97.6 Å². The summed E-state index contributed by atoms with van der Waals surface area (Å²) in [4.78, 5) is 36.3. The van der Waals surface area contributed by atoms with E-state index in [0.717, 1.165) is 38.9 Å². The van der Waals surface area contributed by atoms with Crippen molar-refractivity contribution in [1.82, 2.24) is 20.4 Å². The molecule has 3 aromatic carbocycles. The first kappa shape index (κ1) is 33.1. The summed E-state index contributed by atoms with van der Waals surface area (Å²) in [5.74, 6) is -2.71. The summed E-state index contributed by atoms with van der Waals surface area (Å²) in [6.07, 6.45) is 0.928. The van der Waals surface area contributed by atoms with Crippen LogP contribution >= 0.6 is 0 Å². The van der Waals surface area contributed by atoms with Gasteiger partial charge in [-0.2, -0.15) is 18.3 Å². The number of aromatic amines is 1. The molecule has 12 heteroatoms. The van der Waals surface area contributed by atoms with Gasteiger partial charge in [-0.1, -0.05) is 54.6 Å². The third-order valence-electron chi connectivity index (χ3n) is 7.79. The molecule has 2 aliphatic heterocycles. The van der Waals surface area contributed by atoms with E-state index in [0.29, 0.717) is 25.2 Å². The third-order valence-corrected chi connectivity index (χ3v) is 7.79. The zero-order chi connectivity index (χ0) is 33.7. The Morgan fingerprint density at radius 2 is 1.60 bits per heavy atom. The fraction of sp³-hybridized carbons (Fsp3) is 0.257. The summed E-state index contributed by atoms with van der Waals surface area (Å²) in [7, 11) is 0. The largest absolute Gasteiger partial charge is 0.490 e. The molecule has 2 aliphatic rings. The van der Waals surface area contributed by atoms with E-state index >= 15 is 0 Å². The summed E-state index contributed by atoms with van der Waals surface area (Å²) in [5, 5.41) is 18.7. The van der Waals surface area contributed by atoms with Crippen LogP contribution in [0.3, 0.4) is 0 Å². The number of hydrogen-bond acceptors (Lipinski definition) is 5. The molecule has 1 unspecified atom stereocenters. The summed E-state index contributed by atoms with van der Waals surface area (Å²) in [5.41, 5.74) is 6.23. The maximum atomic E-state index is 12.9. The van der Waals surface area contributed by atoms with Gasteiger partial charge in [-0.15, -0.1) is 0 Å². The number of ether oxygens (including phenoxy) is 1. The number of hydrogen-bond donors (Lipinski definition) is 3. The highest BCUT2D eigenvalue weighted by Gasteiger charge is 2.38. The fourth-order valence-corrected chi connectivity index (χ4v) is 5.61. The Hall–Kier alpha value is -5.23. The lowest BCUT2D eigenvalue weighted by atomic mass is 9.92. The molecule has 3 N–H and O–H groups in total. The van der Waals surface area contributed by atoms with Crippen molar-refractivity contribution in [2.24, 2.45) is 0 Å². The number of H-pyrrole nitrogens is 1. The van der Waals surface area contributed by atoms with Crippen LogP contribution in [0.25, 0.3) is 29.1 Å². The maximum Gasteiger partial charge on any atom is 0.490 e. The molecule has 4 aromatic rings. The van der Waals surface area contributed by atoms with Gasteiger partial charge in [-0.25, -0.2) is 4.79 Å². The first-order valence-corrected chi connectivity index (χ1v) is 14.9. The van der Waals surface area contributed by atoms with Gasteiger partial charge in [0.05, 0.1) is 23.4 Å². The van der Waals surface area contributed by atoms with E-state index < -0.39 is 12.1 Å². The summed E-state index contributed by atoms with van der Waals surface area (Å²) in [6.45, 7) is 5.82. The average molecular weight is 647 g/mol. The number of nitrogens with zero attached hydrogens (tertiary/aromatic N) is 2. The van der Waals surface area contributed by atoms with Crippen LogP contribution in [0, 0.1) is 0 Å². The van der Waals surface area contributed by atoms with Crippen LogP contribution in [0.15, 0.2) is 78.4 Å². The third kappa shape index (κ3) is 8.14. The van der Waals surface area contributed by atoms with E-state index in [9.17, 15) is 22.8 Å². The Balaban J connectivity index is 0.000000559. The number of fused-ring (bicyclic) bond motifs is 1. The highest BCUT2D eigenvalue weighted by molar-refractivity contribution is 6.02. The highest BCUT2D eigenvalue weighted by Crippen LogP contribution is 2.31. The number of aliphatic carboxylic acids is 1. The van der Waals surface area contributed by atoms with Gasteiger partial charge in [0, 0.05) is 42.1 Å². The molecule has 6 rings (SSSR count). The summed E-state index contributed by atoms with van der Waals surface area (Å²) in [6, 6.07) is 23.8. The molecule has 9 nitrogen and oxygen atoms in total. The van der Waals surface area contributed by atoms with Crippen molar-refractivity contribution in [3.05, 3.63) is 106 Å². The monoisotopic (exact) mass is 646 g/mol. The number of carbonyl (C=O) groups is 3. The van der Waals surface area contributed by atoms with Gasteiger partial charge in [-0.3, -0.25) is 14.7 Å². The predicted octanol–water partition coefficient (Wildman–Crippen LogP) is 5.91. The van der Waals surface area contributed by atoms with E-state index in [2.05, 4.69) is 27.6 Å². The van der Waals surface area contributed by atoms with Crippen molar-refractivity contribution in [3.63, 3.8) is 0 Å². The van der Waals surface area contributed by atoms with Gasteiger partial charge in [0.1, 0.15) is 0 Å². The number of benzene rings is 3. The van der Waals surface area contributed by atoms with Crippen LogP contribution < -0.4 is 5.32 Å². The minimum Gasteiger partial charge on any atom is -0.475 e. The topological polar surface area (TPSA) is 125 Å². The number of carbonyl (C=O) groups excluding carboxylic acids is 2. The first-order chi connectivity index (χ1) is 22.4. The molecule has 0 saturated carbocycles. The second kappa shape index (κ2) is 14.0. The van der Waals surface area contributed by atoms with Crippen molar-refractivity contribution < 1.29 is 37.4 Å². The molecule has 0 bridgehead atoms. The van der Waals surface area contributed by atoms with Crippen LogP contribution in [0.2, 0.25) is 0 Å². The lowest BCUT2D eigenvalue weighted by Gasteiger charge is -2.35. The Morgan fingerprint density at radius 1 is 0.957 bits per heavy atom. The quantitative estimate of drug-likeness (QED) is 0.232. The van der Waals surface area contributed by atoms with E-state index in [-0.39, 0.29) is 29.9 Å². The molecule has 2 saturated heterocycles. The fourth-order valence-electron chi connectivity index (χ4n) is 5.61. The van der Waals surface area contributed by atoms with Crippen molar-refractivity contribution in [2.75, 3.05) is 19.6 Å². The Kier molecular flexibility index (Phi) is 9.90. The number of alkyl halides is 3. The van der Waals surface area contributed by atoms with E-state index in [1.165, 1.54) is 0 Å². The number of aromatic nitrogens is 2. The van der Waals surface area contributed by atoms with Crippen LogP contribution in [-0.2, 0) is 14.3 Å².